The Morgan fingerprint density at radius 3 is 3.00 bits per heavy atom. The lowest BCUT2D eigenvalue weighted by Gasteiger charge is -2.20. The van der Waals surface area contributed by atoms with Gasteiger partial charge in [-0.3, -0.25) is 0 Å². The Morgan fingerprint density at radius 1 is 1.50 bits per heavy atom. The average molecular weight is 195 g/mol. The third kappa shape index (κ3) is 2.12. The summed E-state index contributed by atoms with van der Waals surface area (Å²) in [7, 11) is 1.95. The Bertz CT molecular complexity index is 281. The topological polar surface area (TPSA) is 51.0 Å². The quantitative estimate of drug-likeness (QED) is 0.723. The maximum absolute atomic E-state index is 5.18. The molecule has 1 N–H and O–H groups in total. The summed E-state index contributed by atoms with van der Waals surface area (Å²) in [6.45, 7) is 1.00. The lowest BCUT2D eigenvalue weighted by atomic mass is 9.85. The van der Waals surface area contributed by atoms with Crippen LogP contribution in [0.4, 0.5) is 0 Å². The van der Waals surface area contributed by atoms with Crippen molar-refractivity contribution in [2.75, 3.05) is 13.6 Å². The highest BCUT2D eigenvalue weighted by Gasteiger charge is 2.24. The van der Waals surface area contributed by atoms with Gasteiger partial charge in [0.1, 0.15) is 0 Å². The van der Waals surface area contributed by atoms with Crippen LogP contribution in [0, 0.1) is 0 Å². The van der Waals surface area contributed by atoms with Gasteiger partial charge < -0.3 is 9.84 Å². The second-order valence-corrected chi connectivity index (χ2v) is 3.88. The van der Waals surface area contributed by atoms with Crippen LogP contribution in [0.5, 0.6) is 0 Å². The molecule has 14 heavy (non-hydrogen) atoms. The van der Waals surface area contributed by atoms with E-state index in [0.29, 0.717) is 5.92 Å². The van der Waals surface area contributed by atoms with Crippen molar-refractivity contribution >= 4 is 0 Å². The van der Waals surface area contributed by atoms with Crippen LogP contribution in [0.3, 0.4) is 0 Å². The Hall–Kier alpha value is -0.900. The van der Waals surface area contributed by atoms with E-state index in [-0.39, 0.29) is 0 Å². The Labute approximate surface area is 84.1 Å². The van der Waals surface area contributed by atoms with Crippen molar-refractivity contribution in [1.29, 1.82) is 0 Å². The highest BCUT2D eigenvalue weighted by atomic mass is 16.5. The molecule has 0 atom stereocenters. The van der Waals surface area contributed by atoms with Crippen molar-refractivity contribution in [3.05, 3.63) is 11.7 Å². The largest absolute Gasteiger partial charge is 0.339 e. The SMILES string of the molecule is CNCCCc1nc(C2CCC2)no1. The average Bonchev–Trinajstić information content (AvgIpc) is 2.51. The highest BCUT2D eigenvalue weighted by Crippen LogP contribution is 2.34. The molecule has 1 heterocycles. The number of rotatable bonds is 5. The van der Waals surface area contributed by atoms with Gasteiger partial charge >= 0.3 is 0 Å². The fourth-order valence-electron chi connectivity index (χ4n) is 1.62. The lowest BCUT2D eigenvalue weighted by Crippen LogP contribution is -2.10. The molecule has 1 saturated carbocycles. The van der Waals surface area contributed by atoms with Gasteiger partial charge in [-0.15, -0.1) is 0 Å². The molecule has 1 aliphatic rings. The molecule has 0 amide bonds. The first kappa shape index (κ1) is 9.65. The Balaban J connectivity index is 1.83. The highest BCUT2D eigenvalue weighted by molar-refractivity contribution is 4.99. The molecule has 78 valence electrons. The van der Waals surface area contributed by atoms with Crippen molar-refractivity contribution in [2.24, 2.45) is 0 Å². The van der Waals surface area contributed by atoms with E-state index in [0.717, 1.165) is 31.1 Å². The Kier molecular flexibility index (Phi) is 3.14. The van der Waals surface area contributed by atoms with E-state index in [1.807, 2.05) is 7.05 Å². The van der Waals surface area contributed by atoms with Gasteiger partial charge in [-0.1, -0.05) is 11.6 Å². The molecule has 0 bridgehead atoms. The van der Waals surface area contributed by atoms with Gasteiger partial charge in [0.2, 0.25) is 5.89 Å². The fourth-order valence-corrected chi connectivity index (χ4v) is 1.62. The lowest BCUT2D eigenvalue weighted by molar-refractivity contribution is 0.345. The van der Waals surface area contributed by atoms with E-state index < -0.39 is 0 Å². The van der Waals surface area contributed by atoms with E-state index in [1.54, 1.807) is 0 Å². The first-order valence-electron chi connectivity index (χ1n) is 5.37. The van der Waals surface area contributed by atoms with Crippen molar-refractivity contribution in [3.63, 3.8) is 0 Å². The van der Waals surface area contributed by atoms with Gasteiger partial charge in [-0.2, -0.15) is 4.98 Å². The molecule has 0 aromatic carbocycles. The summed E-state index contributed by atoms with van der Waals surface area (Å²) >= 11 is 0. The van der Waals surface area contributed by atoms with Crippen LogP contribution in [0.25, 0.3) is 0 Å². The molecule has 1 aromatic rings. The predicted molar refractivity (Wildman–Crippen MR) is 53.1 cm³/mol. The van der Waals surface area contributed by atoms with Crippen molar-refractivity contribution in [3.8, 4) is 0 Å². The van der Waals surface area contributed by atoms with Crippen LogP contribution < -0.4 is 5.32 Å². The normalized spacial score (nSPS) is 16.9. The first-order chi connectivity index (χ1) is 6.90. The molecular formula is C10H17N3O. The number of nitrogens with zero attached hydrogens (tertiary/aromatic N) is 2. The van der Waals surface area contributed by atoms with Crippen molar-refractivity contribution in [2.45, 2.75) is 38.0 Å². The molecule has 0 unspecified atom stereocenters. The van der Waals surface area contributed by atoms with Gasteiger partial charge in [0.05, 0.1) is 0 Å². The first-order valence-corrected chi connectivity index (χ1v) is 5.37. The zero-order valence-electron chi connectivity index (χ0n) is 8.62. The number of hydrogen-bond donors (Lipinski definition) is 1. The minimum atomic E-state index is 0.580. The van der Waals surface area contributed by atoms with Crippen LogP contribution >= 0.6 is 0 Å². The summed E-state index contributed by atoms with van der Waals surface area (Å²) in [5, 5.41) is 7.11. The maximum Gasteiger partial charge on any atom is 0.226 e. The molecular weight excluding hydrogens is 178 g/mol. The smallest absolute Gasteiger partial charge is 0.226 e. The molecule has 0 radical (unpaired) electrons. The third-order valence-corrected chi connectivity index (χ3v) is 2.77. The molecule has 4 nitrogen and oxygen atoms in total. The number of aromatic nitrogens is 2. The number of nitrogens with one attached hydrogen (secondary N) is 1. The van der Waals surface area contributed by atoms with E-state index in [2.05, 4.69) is 15.5 Å². The van der Waals surface area contributed by atoms with Crippen molar-refractivity contribution < 1.29 is 4.52 Å². The van der Waals surface area contributed by atoms with Gasteiger partial charge in [-0.25, -0.2) is 0 Å². The zero-order chi connectivity index (χ0) is 9.80. The molecule has 1 aromatic heterocycles. The van der Waals surface area contributed by atoms with Crippen molar-refractivity contribution in [1.82, 2.24) is 15.5 Å². The van der Waals surface area contributed by atoms with E-state index in [1.165, 1.54) is 19.3 Å². The zero-order valence-corrected chi connectivity index (χ0v) is 8.62. The summed E-state index contributed by atoms with van der Waals surface area (Å²) in [6.07, 6.45) is 5.72. The summed E-state index contributed by atoms with van der Waals surface area (Å²) < 4.78 is 5.18. The molecule has 1 fully saturated rings. The minimum Gasteiger partial charge on any atom is -0.339 e. The summed E-state index contributed by atoms with van der Waals surface area (Å²) in [6, 6.07) is 0. The molecule has 0 spiro atoms. The van der Waals surface area contributed by atoms with Crippen LogP contribution in [0.1, 0.15) is 43.3 Å². The van der Waals surface area contributed by atoms with E-state index in [4.69, 9.17) is 4.52 Å². The van der Waals surface area contributed by atoms with Gasteiger partial charge in [0.15, 0.2) is 5.82 Å². The van der Waals surface area contributed by atoms with E-state index >= 15 is 0 Å². The second kappa shape index (κ2) is 4.55. The van der Waals surface area contributed by atoms with Crippen LogP contribution in [-0.4, -0.2) is 23.7 Å². The summed E-state index contributed by atoms with van der Waals surface area (Å²) in [5.41, 5.74) is 0. The Morgan fingerprint density at radius 2 is 2.36 bits per heavy atom. The molecule has 0 saturated heterocycles. The standard InChI is InChI=1S/C10H17N3O/c1-11-7-3-6-9-12-10(13-14-9)8-4-2-5-8/h8,11H,2-7H2,1H3. The number of aryl methyl sites for hydroxylation is 1. The van der Waals surface area contributed by atoms with Crippen LogP contribution in [0.15, 0.2) is 4.52 Å². The number of hydrogen-bond acceptors (Lipinski definition) is 4. The van der Waals surface area contributed by atoms with Gasteiger partial charge in [0.25, 0.3) is 0 Å². The minimum absolute atomic E-state index is 0.580. The van der Waals surface area contributed by atoms with Gasteiger partial charge in [-0.05, 0) is 32.9 Å². The van der Waals surface area contributed by atoms with Crippen LogP contribution in [0.2, 0.25) is 0 Å². The molecule has 2 rings (SSSR count). The monoisotopic (exact) mass is 195 g/mol. The predicted octanol–water partition coefficient (Wildman–Crippen LogP) is 1.49. The molecule has 4 heteroatoms. The summed E-state index contributed by atoms with van der Waals surface area (Å²) in [5.74, 6) is 2.30. The van der Waals surface area contributed by atoms with Gasteiger partial charge in [0, 0.05) is 12.3 Å². The molecule has 1 aliphatic carbocycles. The maximum atomic E-state index is 5.18. The van der Waals surface area contributed by atoms with Crippen LogP contribution in [-0.2, 0) is 6.42 Å². The molecule has 0 aliphatic heterocycles. The summed E-state index contributed by atoms with van der Waals surface area (Å²) in [4.78, 5) is 4.40. The van der Waals surface area contributed by atoms with E-state index in [9.17, 15) is 0 Å². The fraction of sp³-hybridized carbons (Fsp3) is 0.800. The third-order valence-electron chi connectivity index (χ3n) is 2.77. The second-order valence-electron chi connectivity index (χ2n) is 3.88.